The second-order valence-electron chi connectivity index (χ2n) is 10.3. The third-order valence-corrected chi connectivity index (χ3v) is 6.73. The Kier molecular flexibility index (Phi) is 21.0. The van der Waals surface area contributed by atoms with E-state index in [9.17, 15) is 14.6 Å². The van der Waals surface area contributed by atoms with Gasteiger partial charge < -0.3 is 33.0 Å². The van der Waals surface area contributed by atoms with Crippen LogP contribution >= 0.6 is 7.82 Å². The summed E-state index contributed by atoms with van der Waals surface area (Å²) in [4.78, 5) is 11.7. The number of phosphoric acid groups is 1. The van der Waals surface area contributed by atoms with E-state index in [1.165, 1.54) is 70.6 Å². The zero-order chi connectivity index (χ0) is 25.7. The van der Waals surface area contributed by atoms with Crippen LogP contribution in [0.2, 0.25) is 0 Å². The first kappa shape index (κ1) is 34.0. The van der Waals surface area contributed by atoms with E-state index >= 15 is 0 Å². The number of nitrogens with zero attached hydrogens (tertiary/aromatic N) is 1. The molecule has 206 valence electrons. The van der Waals surface area contributed by atoms with E-state index in [2.05, 4.69) is 6.92 Å². The Balaban J connectivity index is 3.70. The molecular formula is C25H54NO7P. The molecule has 0 fully saturated rings. The van der Waals surface area contributed by atoms with E-state index in [-0.39, 0.29) is 25.9 Å². The Hall–Kier alpha value is -0.0500. The lowest BCUT2D eigenvalue weighted by Crippen LogP contribution is -2.37. The van der Waals surface area contributed by atoms with Crippen molar-refractivity contribution in [1.29, 1.82) is 0 Å². The van der Waals surface area contributed by atoms with Crippen molar-refractivity contribution in [2.75, 3.05) is 61.2 Å². The summed E-state index contributed by atoms with van der Waals surface area (Å²) in [5.41, 5.74) is 0. The molecule has 9 heteroatoms. The summed E-state index contributed by atoms with van der Waals surface area (Å²) in [5, 5.41) is 9.93. The van der Waals surface area contributed by atoms with Crippen LogP contribution in [0, 0.1) is 0 Å². The number of phosphoric ester groups is 1. The van der Waals surface area contributed by atoms with Crippen LogP contribution in [0.5, 0.6) is 0 Å². The van der Waals surface area contributed by atoms with E-state index < -0.39 is 13.9 Å². The summed E-state index contributed by atoms with van der Waals surface area (Å²) in [6, 6.07) is 0. The van der Waals surface area contributed by atoms with Crippen molar-refractivity contribution in [3.63, 3.8) is 0 Å². The number of rotatable bonds is 25. The third kappa shape index (κ3) is 23.7. The standard InChI is InChI=1S/C25H54NO7P/c1-6-7-8-9-10-11-12-13-14-15-16-17-18-25(30-5)23-31-21-24(27)22-33-34(28,29)32-20-19-26(2,3)4/h24-25,27H,6-23H2,1-5H3/t24-,25?/m0/s1. The average Bonchev–Trinajstić information content (AvgIpc) is 2.76. The minimum atomic E-state index is -4.43. The van der Waals surface area contributed by atoms with Crippen molar-refractivity contribution in [2.45, 2.75) is 103 Å². The minimum Gasteiger partial charge on any atom is -0.756 e. The molecule has 0 saturated heterocycles. The fourth-order valence-corrected chi connectivity index (χ4v) is 4.24. The van der Waals surface area contributed by atoms with E-state index in [1.54, 1.807) is 7.11 Å². The Morgan fingerprint density at radius 1 is 0.824 bits per heavy atom. The number of likely N-dealkylation sites (N-methyl/N-ethyl adjacent to an activating group) is 1. The van der Waals surface area contributed by atoms with Crippen LogP contribution in [-0.2, 0) is 23.1 Å². The topological polar surface area (TPSA) is 97.3 Å². The van der Waals surface area contributed by atoms with Gasteiger partial charge in [-0.2, -0.15) is 0 Å². The second-order valence-corrected chi connectivity index (χ2v) is 11.7. The number of aliphatic hydroxyl groups is 1. The zero-order valence-corrected chi connectivity index (χ0v) is 23.6. The molecule has 0 aromatic rings. The number of quaternary nitrogens is 1. The second kappa shape index (κ2) is 21.1. The molecule has 0 rings (SSSR count). The summed E-state index contributed by atoms with van der Waals surface area (Å²) >= 11 is 0. The number of methoxy groups -OCH3 is 1. The smallest absolute Gasteiger partial charge is 0.268 e. The SMILES string of the molecule is CCCCCCCCCCCCCCC(COC[C@H](O)COP(=O)([O-])OCC[N+](C)(C)C)OC. The molecule has 0 heterocycles. The van der Waals surface area contributed by atoms with Gasteiger partial charge in [0.05, 0.1) is 47.1 Å². The van der Waals surface area contributed by atoms with Gasteiger partial charge in [-0.15, -0.1) is 0 Å². The van der Waals surface area contributed by atoms with E-state index in [0.29, 0.717) is 17.6 Å². The van der Waals surface area contributed by atoms with Crippen molar-refractivity contribution in [1.82, 2.24) is 0 Å². The summed E-state index contributed by atoms with van der Waals surface area (Å²) in [7, 11) is 3.05. The maximum Gasteiger partial charge on any atom is 0.268 e. The monoisotopic (exact) mass is 511 g/mol. The van der Waals surface area contributed by atoms with Gasteiger partial charge in [0.2, 0.25) is 0 Å². The zero-order valence-electron chi connectivity index (χ0n) is 22.7. The third-order valence-electron chi connectivity index (χ3n) is 5.76. The highest BCUT2D eigenvalue weighted by atomic mass is 31.2. The molecule has 0 aliphatic carbocycles. The molecule has 0 aromatic carbocycles. The first-order valence-electron chi connectivity index (χ1n) is 13.3. The molecule has 8 nitrogen and oxygen atoms in total. The molecule has 0 aliphatic heterocycles. The van der Waals surface area contributed by atoms with Crippen LogP contribution in [0.4, 0.5) is 0 Å². The molecule has 0 spiro atoms. The van der Waals surface area contributed by atoms with Crippen LogP contribution in [-0.4, -0.2) is 83.0 Å². The Bertz CT molecular complexity index is 502. The lowest BCUT2D eigenvalue weighted by atomic mass is 10.0. The van der Waals surface area contributed by atoms with Gasteiger partial charge in [-0.25, -0.2) is 0 Å². The van der Waals surface area contributed by atoms with Crippen molar-refractivity contribution in [3.05, 3.63) is 0 Å². The van der Waals surface area contributed by atoms with Gasteiger partial charge in [-0.3, -0.25) is 4.57 Å². The van der Waals surface area contributed by atoms with Gasteiger partial charge in [0.15, 0.2) is 0 Å². The summed E-state index contributed by atoms with van der Waals surface area (Å²) < 4.78 is 32.9. The van der Waals surface area contributed by atoms with Crippen LogP contribution in [0.3, 0.4) is 0 Å². The first-order valence-corrected chi connectivity index (χ1v) is 14.7. The van der Waals surface area contributed by atoms with Gasteiger partial charge in [-0.1, -0.05) is 84.0 Å². The van der Waals surface area contributed by atoms with Crippen molar-refractivity contribution in [2.24, 2.45) is 0 Å². The van der Waals surface area contributed by atoms with Crippen LogP contribution in [0.25, 0.3) is 0 Å². The van der Waals surface area contributed by atoms with Gasteiger partial charge in [0, 0.05) is 7.11 Å². The Morgan fingerprint density at radius 3 is 1.85 bits per heavy atom. The number of hydrogen-bond donors (Lipinski definition) is 1. The highest BCUT2D eigenvalue weighted by Crippen LogP contribution is 2.38. The van der Waals surface area contributed by atoms with Crippen LogP contribution < -0.4 is 4.89 Å². The number of aliphatic hydroxyl groups excluding tert-OH is 1. The van der Waals surface area contributed by atoms with E-state index in [0.717, 1.165) is 12.8 Å². The molecule has 2 unspecified atom stereocenters. The predicted molar refractivity (Wildman–Crippen MR) is 136 cm³/mol. The number of unbranched alkanes of at least 4 members (excludes halogenated alkanes) is 11. The molecule has 0 aromatic heterocycles. The number of hydrogen-bond acceptors (Lipinski definition) is 7. The normalized spacial score (nSPS) is 15.9. The predicted octanol–water partition coefficient (Wildman–Crippen LogP) is 4.68. The maximum atomic E-state index is 11.7. The molecule has 1 N–H and O–H groups in total. The molecule has 34 heavy (non-hydrogen) atoms. The van der Waals surface area contributed by atoms with Crippen molar-refractivity contribution < 1.29 is 37.6 Å². The highest BCUT2D eigenvalue weighted by molar-refractivity contribution is 7.45. The molecule has 0 aliphatic rings. The molecule has 3 atom stereocenters. The molecular weight excluding hydrogens is 457 g/mol. The van der Waals surface area contributed by atoms with E-state index in [4.69, 9.17) is 18.5 Å². The fourth-order valence-electron chi connectivity index (χ4n) is 3.51. The summed E-state index contributed by atoms with van der Waals surface area (Å²) in [6.07, 6.45) is 15.6. The highest BCUT2D eigenvalue weighted by Gasteiger charge is 2.16. The van der Waals surface area contributed by atoms with Gasteiger partial charge >= 0.3 is 0 Å². The largest absolute Gasteiger partial charge is 0.756 e. The maximum absolute atomic E-state index is 11.7. The molecule has 0 saturated carbocycles. The van der Waals surface area contributed by atoms with Gasteiger partial charge in [0.25, 0.3) is 7.82 Å². The summed E-state index contributed by atoms with van der Waals surface area (Å²) in [5.74, 6) is 0. The average molecular weight is 512 g/mol. The number of ether oxygens (including phenoxy) is 2. The molecule has 0 amide bonds. The van der Waals surface area contributed by atoms with Gasteiger partial charge in [0.1, 0.15) is 19.3 Å². The van der Waals surface area contributed by atoms with Gasteiger partial charge in [-0.05, 0) is 6.42 Å². The van der Waals surface area contributed by atoms with Crippen LogP contribution in [0.15, 0.2) is 0 Å². The van der Waals surface area contributed by atoms with Crippen molar-refractivity contribution in [3.8, 4) is 0 Å². The fraction of sp³-hybridized carbons (Fsp3) is 1.00. The Morgan fingerprint density at radius 2 is 1.35 bits per heavy atom. The van der Waals surface area contributed by atoms with E-state index in [1.807, 2.05) is 21.1 Å². The first-order chi connectivity index (χ1) is 16.1. The minimum absolute atomic E-state index is 0.0167. The van der Waals surface area contributed by atoms with Crippen LogP contribution in [0.1, 0.15) is 90.4 Å². The molecule has 0 bridgehead atoms. The quantitative estimate of drug-likeness (QED) is 0.108. The molecule has 0 radical (unpaired) electrons. The lowest BCUT2D eigenvalue weighted by Gasteiger charge is -2.27. The van der Waals surface area contributed by atoms with Crippen molar-refractivity contribution >= 4 is 7.82 Å². The summed E-state index contributed by atoms with van der Waals surface area (Å²) in [6.45, 7) is 2.77. The Labute approximate surface area is 209 Å². The lowest BCUT2D eigenvalue weighted by molar-refractivity contribution is -0.870.